The van der Waals surface area contributed by atoms with Gasteiger partial charge >= 0.3 is 0 Å². The monoisotopic (exact) mass is 702 g/mol. The molecule has 12 rings (SSSR count). The molecule has 8 aromatic carbocycles. The number of aromatic nitrogens is 4. The van der Waals surface area contributed by atoms with Gasteiger partial charge in [0.1, 0.15) is 11.2 Å². The molecule has 0 bridgehead atoms. The Balaban J connectivity index is 1.01. The van der Waals surface area contributed by atoms with E-state index in [0.717, 1.165) is 88.4 Å². The van der Waals surface area contributed by atoms with Gasteiger partial charge in [-0.25, -0.2) is 9.97 Å². The molecular formula is C50H30N4O. The molecule has 0 saturated carbocycles. The summed E-state index contributed by atoms with van der Waals surface area (Å²) in [7, 11) is 0. The van der Waals surface area contributed by atoms with Crippen LogP contribution < -0.4 is 0 Å². The van der Waals surface area contributed by atoms with Crippen LogP contribution in [0.25, 0.3) is 110 Å². The highest BCUT2D eigenvalue weighted by molar-refractivity contribution is 6.23. The topological polar surface area (TPSA) is 48.8 Å². The Kier molecular flexibility index (Phi) is 6.27. The molecule has 0 spiro atoms. The molecule has 0 aliphatic heterocycles. The molecule has 0 saturated heterocycles. The Morgan fingerprint density at radius 1 is 0.382 bits per heavy atom. The Morgan fingerprint density at radius 3 is 1.82 bits per heavy atom. The van der Waals surface area contributed by atoms with Gasteiger partial charge in [0.25, 0.3) is 0 Å². The predicted octanol–water partition coefficient (Wildman–Crippen LogP) is 13.1. The summed E-state index contributed by atoms with van der Waals surface area (Å²) in [4.78, 5) is 10.4. The average Bonchev–Trinajstić information content (AvgIpc) is 3.91. The molecule has 0 fully saturated rings. The van der Waals surface area contributed by atoms with Gasteiger partial charge in [0.15, 0.2) is 5.82 Å². The Bertz CT molecular complexity index is 3480. The minimum absolute atomic E-state index is 0.693. The molecule has 0 amide bonds. The van der Waals surface area contributed by atoms with E-state index in [1.165, 1.54) is 16.3 Å². The normalized spacial score (nSPS) is 12.0. The molecule has 12 aromatic rings. The zero-order valence-corrected chi connectivity index (χ0v) is 29.5. The Morgan fingerprint density at radius 2 is 0.982 bits per heavy atom. The van der Waals surface area contributed by atoms with Crippen LogP contribution in [-0.2, 0) is 0 Å². The third kappa shape index (κ3) is 4.41. The third-order valence-corrected chi connectivity index (χ3v) is 11.1. The highest BCUT2D eigenvalue weighted by Crippen LogP contribution is 2.41. The second-order valence-corrected chi connectivity index (χ2v) is 14.2. The first-order valence-electron chi connectivity index (χ1n) is 18.6. The summed E-state index contributed by atoms with van der Waals surface area (Å²) in [6, 6.07) is 64.1. The van der Waals surface area contributed by atoms with Crippen molar-refractivity contribution in [3.63, 3.8) is 0 Å². The number of fused-ring (bicyclic) bond motifs is 11. The van der Waals surface area contributed by atoms with E-state index in [4.69, 9.17) is 14.4 Å². The quantitative estimate of drug-likeness (QED) is 0.183. The summed E-state index contributed by atoms with van der Waals surface area (Å²) in [5, 5.41) is 7.98. The van der Waals surface area contributed by atoms with Crippen molar-refractivity contribution in [2.75, 3.05) is 0 Å². The fourth-order valence-electron chi connectivity index (χ4n) is 8.67. The lowest BCUT2D eigenvalue weighted by molar-refractivity contribution is 0.673. The van der Waals surface area contributed by atoms with E-state index in [9.17, 15) is 0 Å². The van der Waals surface area contributed by atoms with Crippen molar-refractivity contribution in [1.29, 1.82) is 0 Å². The standard InChI is InChI=1S/C50H30N4O/c1-2-12-33(13-3-1)53-42-19-9-5-14-35(42)40-30-32(24-28-44(40)53)48-38-16-4-8-18-41(38)51-50(52-48)31-22-25-34(26-23-31)54-43-20-10-6-17-39(43)47-45(54)29-27-37-36-15-7-11-21-46(36)55-49(37)47/h1-30H. The van der Waals surface area contributed by atoms with Crippen molar-refractivity contribution < 1.29 is 4.42 Å². The summed E-state index contributed by atoms with van der Waals surface area (Å²) >= 11 is 0. The molecule has 55 heavy (non-hydrogen) atoms. The number of benzene rings is 8. The zero-order chi connectivity index (χ0) is 36.0. The first-order chi connectivity index (χ1) is 27.3. The summed E-state index contributed by atoms with van der Waals surface area (Å²) in [5.41, 5.74) is 12.5. The van der Waals surface area contributed by atoms with Crippen LogP contribution in [0.2, 0.25) is 0 Å². The fraction of sp³-hybridized carbons (Fsp3) is 0. The summed E-state index contributed by atoms with van der Waals surface area (Å²) in [5.74, 6) is 0.693. The first-order valence-corrected chi connectivity index (χ1v) is 18.6. The van der Waals surface area contributed by atoms with Crippen LogP contribution in [0.15, 0.2) is 186 Å². The van der Waals surface area contributed by atoms with Gasteiger partial charge in [-0.05, 0) is 84.9 Å². The lowest BCUT2D eigenvalue weighted by Gasteiger charge is -2.12. The molecule has 5 nitrogen and oxygen atoms in total. The summed E-state index contributed by atoms with van der Waals surface area (Å²) in [6.45, 7) is 0. The lowest BCUT2D eigenvalue weighted by atomic mass is 10.0. The highest BCUT2D eigenvalue weighted by Gasteiger charge is 2.20. The number of para-hydroxylation sites is 5. The second kappa shape index (κ2) is 11.5. The van der Waals surface area contributed by atoms with Crippen molar-refractivity contribution >= 4 is 76.5 Å². The molecule has 0 radical (unpaired) electrons. The van der Waals surface area contributed by atoms with Crippen LogP contribution in [0.3, 0.4) is 0 Å². The molecule has 4 heterocycles. The Hall–Kier alpha value is -7.50. The SMILES string of the molecule is c1ccc(-n2c3ccccc3c3cc(-c4nc(-c5ccc(-n6c7ccccc7c7c8oc9ccccc9c8ccc76)cc5)nc5ccccc45)ccc32)cc1. The van der Waals surface area contributed by atoms with Gasteiger partial charge in [-0.2, -0.15) is 0 Å². The van der Waals surface area contributed by atoms with E-state index >= 15 is 0 Å². The number of nitrogens with zero attached hydrogens (tertiary/aromatic N) is 4. The van der Waals surface area contributed by atoms with E-state index in [2.05, 4.69) is 173 Å². The largest absolute Gasteiger partial charge is 0.455 e. The van der Waals surface area contributed by atoms with Crippen molar-refractivity contribution in [2.24, 2.45) is 0 Å². The van der Waals surface area contributed by atoms with E-state index in [1.807, 2.05) is 18.2 Å². The molecule has 4 aromatic heterocycles. The van der Waals surface area contributed by atoms with Crippen LogP contribution in [0.5, 0.6) is 0 Å². The van der Waals surface area contributed by atoms with Crippen molar-refractivity contribution in [2.45, 2.75) is 0 Å². The van der Waals surface area contributed by atoms with Crippen molar-refractivity contribution in [3.8, 4) is 34.0 Å². The van der Waals surface area contributed by atoms with Gasteiger partial charge in [-0.3, -0.25) is 0 Å². The van der Waals surface area contributed by atoms with Gasteiger partial charge in [-0.15, -0.1) is 0 Å². The molecule has 256 valence electrons. The zero-order valence-electron chi connectivity index (χ0n) is 29.5. The molecule has 0 aliphatic rings. The van der Waals surface area contributed by atoms with Crippen LogP contribution in [0, 0.1) is 0 Å². The predicted molar refractivity (Wildman–Crippen MR) is 226 cm³/mol. The van der Waals surface area contributed by atoms with Gasteiger partial charge in [-0.1, -0.05) is 97.1 Å². The van der Waals surface area contributed by atoms with Gasteiger partial charge in [0.05, 0.1) is 38.7 Å². The van der Waals surface area contributed by atoms with E-state index in [-0.39, 0.29) is 0 Å². The molecular weight excluding hydrogens is 673 g/mol. The highest BCUT2D eigenvalue weighted by atomic mass is 16.3. The summed E-state index contributed by atoms with van der Waals surface area (Å²) < 4.78 is 11.2. The molecule has 0 aliphatic carbocycles. The minimum Gasteiger partial charge on any atom is -0.455 e. The molecule has 0 unspecified atom stereocenters. The van der Waals surface area contributed by atoms with E-state index < -0.39 is 0 Å². The average molecular weight is 703 g/mol. The molecule has 0 atom stereocenters. The van der Waals surface area contributed by atoms with Crippen LogP contribution >= 0.6 is 0 Å². The van der Waals surface area contributed by atoms with Gasteiger partial charge < -0.3 is 13.6 Å². The van der Waals surface area contributed by atoms with Crippen LogP contribution in [-0.4, -0.2) is 19.1 Å². The van der Waals surface area contributed by atoms with E-state index in [1.54, 1.807) is 0 Å². The van der Waals surface area contributed by atoms with Gasteiger partial charge in [0.2, 0.25) is 0 Å². The Labute approximate surface area is 315 Å². The first kappa shape index (κ1) is 30.0. The maximum absolute atomic E-state index is 6.52. The van der Waals surface area contributed by atoms with Crippen LogP contribution in [0.4, 0.5) is 0 Å². The maximum atomic E-state index is 6.52. The summed E-state index contributed by atoms with van der Waals surface area (Å²) in [6.07, 6.45) is 0. The van der Waals surface area contributed by atoms with Gasteiger partial charge in [0, 0.05) is 54.8 Å². The van der Waals surface area contributed by atoms with E-state index in [0.29, 0.717) is 5.82 Å². The van der Waals surface area contributed by atoms with Crippen molar-refractivity contribution in [1.82, 2.24) is 19.1 Å². The third-order valence-electron chi connectivity index (χ3n) is 11.1. The lowest BCUT2D eigenvalue weighted by Crippen LogP contribution is -1.97. The molecule has 0 N–H and O–H groups in total. The number of furan rings is 1. The number of hydrogen-bond acceptors (Lipinski definition) is 3. The smallest absolute Gasteiger partial charge is 0.160 e. The number of rotatable bonds is 4. The van der Waals surface area contributed by atoms with Crippen LogP contribution in [0.1, 0.15) is 0 Å². The van der Waals surface area contributed by atoms with Crippen molar-refractivity contribution in [3.05, 3.63) is 182 Å². The number of hydrogen-bond donors (Lipinski definition) is 0. The fourth-order valence-corrected chi connectivity index (χ4v) is 8.67. The minimum atomic E-state index is 0.693. The maximum Gasteiger partial charge on any atom is 0.160 e. The second-order valence-electron chi connectivity index (χ2n) is 14.2. The molecule has 5 heteroatoms.